The van der Waals surface area contributed by atoms with Crippen molar-refractivity contribution in [3.63, 3.8) is 0 Å². The van der Waals surface area contributed by atoms with Gasteiger partial charge in [0.1, 0.15) is 0 Å². The second-order valence-corrected chi connectivity index (χ2v) is 4.93. The molecule has 1 heterocycles. The highest BCUT2D eigenvalue weighted by Gasteiger charge is 2.40. The van der Waals surface area contributed by atoms with Gasteiger partial charge in [-0.3, -0.25) is 0 Å². The van der Waals surface area contributed by atoms with Crippen LogP contribution in [0.4, 0.5) is 0 Å². The largest absolute Gasteiger partial charge is 0.438 e. The maximum atomic E-state index is 6.30. The number of hydrogen-bond donors (Lipinski definition) is 0. The molecule has 72 valence electrons. The Kier molecular flexibility index (Phi) is 2.71. The molecule has 3 heteroatoms. The van der Waals surface area contributed by atoms with Crippen LogP contribution in [0.2, 0.25) is 12.6 Å². The molecule has 0 aromatic heterocycles. The van der Waals surface area contributed by atoms with Gasteiger partial charge in [-0.05, 0) is 37.3 Å². The van der Waals surface area contributed by atoms with E-state index in [0.29, 0.717) is 12.8 Å². The van der Waals surface area contributed by atoms with E-state index < -0.39 is 0 Å². The molecular formula is C10H16BClO. The lowest BCUT2D eigenvalue weighted by atomic mass is 9.47. The number of halogens is 1. The minimum atomic E-state index is 0.203. The van der Waals surface area contributed by atoms with Gasteiger partial charge in [0.05, 0.1) is 5.38 Å². The molecule has 0 spiro atoms. The summed E-state index contributed by atoms with van der Waals surface area (Å²) < 4.78 is 5.42. The van der Waals surface area contributed by atoms with E-state index in [2.05, 4.69) is 6.58 Å². The van der Waals surface area contributed by atoms with Crippen LogP contribution in [-0.4, -0.2) is 19.4 Å². The summed E-state index contributed by atoms with van der Waals surface area (Å²) in [6, 6.07) is 0. The molecule has 13 heavy (non-hydrogen) atoms. The van der Waals surface area contributed by atoms with Gasteiger partial charge in [0.2, 0.25) is 0 Å². The van der Waals surface area contributed by atoms with E-state index in [1.54, 1.807) is 0 Å². The van der Waals surface area contributed by atoms with Crippen LogP contribution in [0.3, 0.4) is 0 Å². The Labute approximate surface area is 85.6 Å². The Morgan fingerprint density at radius 3 is 3.00 bits per heavy atom. The van der Waals surface area contributed by atoms with Crippen LogP contribution in [0, 0.1) is 11.8 Å². The van der Waals surface area contributed by atoms with Crippen molar-refractivity contribution in [3.05, 3.63) is 12.2 Å². The fourth-order valence-electron chi connectivity index (χ4n) is 2.84. The quantitative estimate of drug-likeness (QED) is 0.358. The Morgan fingerprint density at radius 1 is 1.54 bits per heavy atom. The predicted octanol–water partition coefficient (Wildman–Crippen LogP) is 2.83. The molecule has 0 aromatic carbocycles. The van der Waals surface area contributed by atoms with Crippen LogP contribution in [0.15, 0.2) is 12.2 Å². The number of hydrogen-bond acceptors (Lipinski definition) is 1. The lowest BCUT2D eigenvalue weighted by Gasteiger charge is -2.40. The Morgan fingerprint density at radius 2 is 2.31 bits per heavy atom. The first-order valence-electron chi connectivity index (χ1n) is 5.05. The van der Waals surface area contributed by atoms with Crippen molar-refractivity contribution in [1.82, 2.24) is 0 Å². The molecule has 3 atom stereocenters. The summed E-state index contributed by atoms with van der Waals surface area (Å²) in [6.45, 7) is 4.50. The van der Waals surface area contributed by atoms with E-state index in [1.807, 2.05) is 7.11 Å². The van der Waals surface area contributed by atoms with Gasteiger partial charge in [-0.1, -0.05) is 12.2 Å². The normalized spacial score (nSPS) is 39.4. The summed E-state index contributed by atoms with van der Waals surface area (Å²) in [5.41, 5.74) is 1.25. The monoisotopic (exact) mass is 198 g/mol. The van der Waals surface area contributed by atoms with E-state index >= 15 is 0 Å². The number of fused-ring (bicyclic) bond motifs is 2. The summed E-state index contributed by atoms with van der Waals surface area (Å²) >= 11 is 6.30. The van der Waals surface area contributed by atoms with Gasteiger partial charge in [0.15, 0.2) is 0 Å². The van der Waals surface area contributed by atoms with Crippen molar-refractivity contribution >= 4 is 18.5 Å². The highest BCUT2D eigenvalue weighted by molar-refractivity contribution is 6.52. The summed E-state index contributed by atoms with van der Waals surface area (Å²) in [5.74, 6) is 1.40. The van der Waals surface area contributed by atoms with Gasteiger partial charge >= 0.3 is 0 Å². The summed E-state index contributed by atoms with van der Waals surface area (Å²) in [6.07, 6.45) is 4.73. The first-order chi connectivity index (χ1) is 6.20. The molecule has 0 radical (unpaired) electrons. The van der Waals surface area contributed by atoms with Crippen LogP contribution < -0.4 is 0 Å². The smallest absolute Gasteiger partial charge is 0.293 e. The maximum absolute atomic E-state index is 6.30. The number of alkyl halides is 1. The molecule has 3 unspecified atom stereocenters. The molecule has 0 aromatic rings. The van der Waals surface area contributed by atoms with E-state index in [0.717, 1.165) is 18.7 Å². The Balaban J connectivity index is 2.07. The maximum Gasteiger partial charge on any atom is 0.293 e. The molecule has 1 aliphatic carbocycles. The summed E-state index contributed by atoms with van der Waals surface area (Å²) in [4.78, 5) is 0. The summed E-state index contributed by atoms with van der Waals surface area (Å²) in [5, 5.41) is 0.203. The number of rotatable bonds is 1. The molecule has 1 saturated heterocycles. The van der Waals surface area contributed by atoms with Crippen LogP contribution in [0.25, 0.3) is 0 Å². The molecule has 1 aliphatic heterocycles. The van der Waals surface area contributed by atoms with Gasteiger partial charge < -0.3 is 4.65 Å². The second-order valence-electron chi connectivity index (χ2n) is 4.46. The highest BCUT2D eigenvalue weighted by atomic mass is 35.5. The lowest BCUT2D eigenvalue weighted by Crippen LogP contribution is -2.38. The highest BCUT2D eigenvalue weighted by Crippen LogP contribution is 2.44. The molecular weight excluding hydrogens is 182 g/mol. The van der Waals surface area contributed by atoms with Gasteiger partial charge in [-0.15, -0.1) is 11.6 Å². The molecule has 2 fully saturated rings. The van der Waals surface area contributed by atoms with Gasteiger partial charge in [-0.25, -0.2) is 0 Å². The van der Waals surface area contributed by atoms with Crippen LogP contribution in [0.1, 0.15) is 12.8 Å². The van der Waals surface area contributed by atoms with Crippen molar-refractivity contribution < 1.29 is 4.65 Å². The zero-order valence-electron chi connectivity index (χ0n) is 8.13. The SMILES string of the molecule is C=C1CC2CB(OC)CC(C2)C1Cl. The van der Waals surface area contributed by atoms with Gasteiger partial charge in [-0.2, -0.15) is 0 Å². The van der Waals surface area contributed by atoms with Crippen LogP contribution in [-0.2, 0) is 4.65 Å². The fourth-order valence-corrected chi connectivity index (χ4v) is 3.14. The lowest BCUT2D eigenvalue weighted by molar-refractivity contribution is 0.299. The van der Waals surface area contributed by atoms with Crippen LogP contribution >= 0.6 is 11.6 Å². The molecule has 2 bridgehead atoms. The minimum Gasteiger partial charge on any atom is -0.438 e. The predicted molar refractivity (Wildman–Crippen MR) is 57.4 cm³/mol. The van der Waals surface area contributed by atoms with E-state index in [9.17, 15) is 0 Å². The van der Waals surface area contributed by atoms with Crippen molar-refractivity contribution in [2.45, 2.75) is 30.9 Å². The molecule has 1 nitrogen and oxygen atoms in total. The average Bonchev–Trinajstić information content (AvgIpc) is 2.14. The number of allylic oxidation sites excluding steroid dienone is 1. The van der Waals surface area contributed by atoms with E-state index in [4.69, 9.17) is 16.3 Å². The van der Waals surface area contributed by atoms with Gasteiger partial charge in [0.25, 0.3) is 6.92 Å². The minimum absolute atomic E-state index is 0.203. The van der Waals surface area contributed by atoms with E-state index in [-0.39, 0.29) is 5.38 Å². The molecule has 2 rings (SSSR count). The molecule has 0 amide bonds. The fraction of sp³-hybridized carbons (Fsp3) is 0.800. The molecule has 1 saturated carbocycles. The first-order valence-corrected chi connectivity index (χ1v) is 5.49. The average molecular weight is 199 g/mol. The van der Waals surface area contributed by atoms with Crippen molar-refractivity contribution in [2.24, 2.45) is 11.8 Å². The second kappa shape index (κ2) is 3.66. The topological polar surface area (TPSA) is 9.23 Å². The van der Waals surface area contributed by atoms with Crippen molar-refractivity contribution in [1.29, 1.82) is 0 Å². The Hall–Kier alpha value is 0.0549. The zero-order valence-corrected chi connectivity index (χ0v) is 8.89. The summed E-state index contributed by atoms with van der Waals surface area (Å²) in [7, 11) is 1.81. The third-order valence-corrected chi connectivity index (χ3v) is 4.15. The van der Waals surface area contributed by atoms with E-state index in [1.165, 1.54) is 18.3 Å². The van der Waals surface area contributed by atoms with Gasteiger partial charge in [0, 0.05) is 7.11 Å². The standard InChI is InChI=1S/C10H16BClO/c1-7-3-8-4-9(10(7)12)6-11(5-8)13-2/h8-10H,1,3-6H2,2H3. The molecule has 2 aliphatic rings. The Bertz CT molecular complexity index is 217. The van der Waals surface area contributed by atoms with Crippen molar-refractivity contribution in [3.8, 4) is 0 Å². The third kappa shape index (κ3) is 1.80. The third-order valence-electron chi connectivity index (χ3n) is 3.49. The van der Waals surface area contributed by atoms with Crippen LogP contribution in [0.5, 0.6) is 0 Å². The zero-order chi connectivity index (χ0) is 9.42. The molecule has 0 N–H and O–H groups in total. The first kappa shape index (κ1) is 9.60. The van der Waals surface area contributed by atoms with Crippen molar-refractivity contribution in [2.75, 3.05) is 7.11 Å².